The highest BCUT2D eigenvalue weighted by molar-refractivity contribution is 6.32. The van der Waals surface area contributed by atoms with E-state index in [2.05, 4.69) is 22.4 Å². The van der Waals surface area contributed by atoms with Gasteiger partial charge in [-0.2, -0.15) is 0 Å². The van der Waals surface area contributed by atoms with Gasteiger partial charge in [-0.05, 0) is 55.0 Å². The molecular weight excluding hydrogens is 291 g/mol. The molecule has 0 spiro atoms. The van der Waals surface area contributed by atoms with Crippen LogP contribution in [0.3, 0.4) is 0 Å². The third-order valence-electron chi connectivity index (χ3n) is 3.92. The number of hydrogen-bond acceptors (Lipinski definition) is 2. The molecule has 4 heteroatoms. The van der Waals surface area contributed by atoms with Crippen molar-refractivity contribution in [1.82, 2.24) is 4.98 Å². The zero-order valence-electron chi connectivity index (χ0n) is 11.2. The van der Waals surface area contributed by atoms with E-state index < -0.39 is 0 Å². The maximum atomic E-state index is 6.14. The van der Waals surface area contributed by atoms with Gasteiger partial charge in [0.2, 0.25) is 0 Å². The molecule has 1 aliphatic rings. The van der Waals surface area contributed by atoms with E-state index in [0.29, 0.717) is 17.1 Å². The first kappa shape index (κ1) is 13.7. The Morgan fingerprint density at radius 1 is 1.20 bits per heavy atom. The van der Waals surface area contributed by atoms with E-state index in [1.54, 1.807) is 6.20 Å². The van der Waals surface area contributed by atoms with E-state index in [1.165, 1.54) is 5.56 Å². The Hall–Kier alpha value is -1.25. The van der Waals surface area contributed by atoms with Gasteiger partial charge in [0.1, 0.15) is 0 Å². The van der Waals surface area contributed by atoms with Gasteiger partial charge in [0, 0.05) is 17.3 Å². The zero-order chi connectivity index (χ0) is 14.1. The van der Waals surface area contributed by atoms with Crippen LogP contribution in [-0.4, -0.2) is 11.0 Å². The summed E-state index contributed by atoms with van der Waals surface area (Å²) in [5, 5.41) is 4.86. The maximum Gasteiger partial charge on any atom is 0.152 e. The monoisotopic (exact) mass is 306 g/mol. The highest BCUT2D eigenvalue weighted by Gasteiger charge is 2.31. The van der Waals surface area contributed by atoms with Gasteiger partial charge < -0.3 is 5.32 Å². The first-order valence-corrected chi connectivity index (χ1v) is 7.52. The summed E-state index contributed by atoms with van der Waals surface area (Å²) in [6, 6.07) is 10.6. The number of anilines is 1. The molecule has 0 bridgehead atoms. The minimum atomic E-state index is 0.458. The first-order chi connectivity index (χ1) is 9.63. The lowest BCUT2D eigenvalue weighted by Crippen LogP contribution is -2.34. The molecule has 0 unspecified atom stereocenters. The van der Waals surface area contributed by atoms with Crippen molar-refractivity contribution in [2.75, 3.05) is 5.32 Å². The number of benzene rings is 1. The molecule has 0 saturated heterocycles. The Morgan fingerprint density at radius 2 is 2.00 bits per heavy atom. The van der Waals surface area contributed by atoms with E-state index in [1.807, 2.05) is 25.1 Å². The van der Waals surface area contributed by atoms with E-state index in [0.717, 1.165) is 29.1 Å². The molecule has 1 aromatic carbocycles. The van der Waals surface area contributed by atoms with Crippen LogP contribution < -0.4 is 5.32 Å². The van der Waals surface area contributed by atoms with Gasteiger partial charge in [0.15, 0.2) is 5.15 Å². The minimum Gasteiger partial charge on any atom is -0.380 e. The van der Waals surface area contributed by atoms with Crippen molar-refractivity contribution in [3.63, 3.8) is 0 Å². The summed E-state index contributed by atoms with van der Waals surface area (Å²) in [5.41, 5.74) is 3.42. The molecule has 1 aliphatic carbocycles. The molecule has 1 fully saturated rings. The normalized spacial score (nSPS) is 21.4. The average molecular weight is 307 g/mol. The summed E-state index contributed by atoms with van der Waals surface area (Å²) < 4.78 is 0. The van der Waals surface area contributed by atoms with Crippen LogP contribution in [0.2, 0.25) is 10.2 Å². The van der Waals surface area contributed by atoms with Crippen LogP contribution in [0.4, 0.5) is 5.69 Å². The van der Waals surface area contributed by atoms with Gasteiger partial charge >= 0.3 is 0 Å². The number of pyridine rings is 1. The predicted molar refractivity (Wildman–Crippen MR) is 84.8 cm³/mol. The van der Waals surface area contributed by atoms with Crippen molar-refractivity contribution >= 4 is 28.9 Å². The lowest BCUT2D eigenvalue weighted by Gasteiger charge is -2.37. The highest BCUT2D eigenvalue weighted by atomic mass is 35.5. The number of aryl methyl sites for hydroxylation is 1. The van der Waals surface area contributed by atoms with Crippen LogP contribution in [0.5, 0.6) is 0 Å². The second-order valence-corrected chi connectivity index (χ2v) is 6.15. The number of nitrogens with zero attached hydrogens (tertiary/aromatic N) is 1. The van der Waals surface area contributed by atoms with Crippen molar-refractivity contribution in [3.8, 4) is 0 Å². The fourth-order valence-corrected chi connectivity index (χ4v) is 3.13. The lowest BCUT2D eigenvalue weighted by atomic mass is 9.76. The molecule has 3 rings (SSSR count). The van der Waals surface area contributed by atoms with Crippen LogP contribution in [0, 0.1) is 6.92 Å². The number of rotatable bonds is 3. The topological polar surface area (TPSA) is 24.9 Å². The Kier molecular flexibility index (Phi) is 3.86. The smallest absolute Gasteiger partial charge is 0.152 e. The van der Waals surface area contributed by atoms with Crippen LogP contribution in [0.15, 0.2) is 36.5 Å². The lowest BCUT2D eigenvalue weighted by molar-refractivity contribution is 0.374. The molecule has 2 nitrogen and oxygen atoms in total. The largest absolute Gasteiger partial charge is 0.380 e. The van der Waals surface area contributed by atoms with Crippen molar-refractivity contribution in [1.29, 1.82) is 0 Å². The third-order valence-corrected chi connectivity index (χ3v) is 4.44. The summed E-state index contributed by atoms with van der Waals surface area (Å²) in [4.78, 5) is 4.13. The Bertz CT molecular complexity index is 601. The molecule has 104 valence electrons. The molecule has 1 heterocycles. The van der Waals surface area contributed by atoms with Crippen LogP contribution >= 0.6 is 23.2 Å². The van der Waals surface area contributed by atoms with Crippen LogP contribution in [-0.2, 0) is 0 Å². The Morgan fingerprint density at radius 3 is 2.70 bits per heavy atom. The Labute approximate surface area is 129 Å². The quantitative estimate of drug-likeness (QED) is 0.802. The fraction of sp³-hybridized carbons (Fsp3) is 0.312. The van der Waals surface area contributed by atoms with E-state index in [9.17, 15) is 0 Å². The van der Waals surface area contributed by atoms with E-state index in [4.69, 9.17) is 23.2 Å². The van der Waals surface area contributed by atoms with Gasteiger partial charge in [-0.3, -0.25) is 0 Å². The number of nitrogens with one attached hydrogen (secondary N) is 1. The molecule has 1 saturated carbocycles. The predicted octanol–water partition coefficient (Wildman–Crippen LogP) is 5.05. The number of hydrogen-bond donors (Lipinski definition) is 1. The SMILES string of the molecule is Cc1ccnc(Cl)c1NC1CC(c2cccc(Cl)c2)C1. The summed E-state index contributed by atoms with van der Waals surface area (Å²) >= 11 is 12.2. The van der Waals surface area contributed by atoms with Crippen LogP contribution in [0.1, 0.15) is 29.9 Å². The molecular formula is C16H16Cl2N2. The fourth-order valence-electron chi connectivity index (χ4n) is 2.67. The van der Waals surface area contributed by atoms with Crippen molar-refractivity contribution < 1.29 is 0 Å². The van der Waals surface area contributed by atoms with E-state index in [-0.39, 0.29) is 0 Å². The third kappa shape index (κ3) is 2.77. The number of aromatic nitrogens is 1. The standard InChI is InChI=1S/C16H16Cl2N2/c1-10-5-6-19-16(18)15(10)20-14-8-12(9-14)11-3-2-4-13(17)7-11/h2-7,12,14,20H,8-9H2,1H3. The molecule has 0 amide bonds. The van der Waals surface area contributed by atoms with Gasteiger partial charge in [-0.1, -0.05) is 35.3 Å². The van der Waals surface area contributed by atoms with Crippen LogP contribution in [0.25, 0.3) is 0 Å². The van der Waals surface area contributed by atoms with Gasteiger partial charge in [-0.25, -0.2) is 4.98 Å². The zero-order valence-corrected chi connectivity index (χ0v) is 12.7. The summed E-state index contributed by atoms with van der Waals surface area (Å²) in [7, 11) is 0. The highest BCUT2D eigenvalue weighted by Crippen LogP contribution is 2.40. The maximum absolute atomic E-state index is 6.14. The van der Waals surface area contributed by atoms with Gasteiger partial charge in [0.25, 0.3) is 0 Å². The Balaban J connectivity index is 1.64. The summed E-state index contributed by atoms with van der Waals surface area (Å²) in [6.45, 7) is 2.04. The second kappa shape index (κ2) is 5.63. The number of halogens is 2. The van der Waals surface area contributed by atoms with E-state index >= 15 is 0 Å². The molecule has 20 heavy (non-hydrogen) atoms. The molecule has 0 aliphatic heterocycles. The van der Waals surface area contributed by atoms with Crippen molar-refractivity contribution in [2.24, 2.45) is 0 Å². The van der Waals surface area contributed by atoms with Crippen molar-refractivity contribution in [3.05, 3.63) is 57.8 Å². The molecule has 1 aromatic heterocycles. The summed E-state index contributed by atoms with van der Waals surface area (Å²) in [5.74, 6) is 0.585. The first-order valence-electron chi connectivity index (χ1n) is 6.76. The molecule has 0 atom stereocenters. The second-order valence-electron chi connectivity index (χ2n) is 5.36. The molecule has 0 radical (unpaired) electrons. The summed E-state index contributed by atoms with van der Waals surface area (Å²) in [6.07, 6.45) is 3.94. The molecule has 1 N–H and O–H groups in total. The van der Waals surface area contributed by atoms with Gasteiger partial charge in [-0.15, -0.1) is 0 Å². The minimum absolute atomic E-state index is 0.458. The average Bonchev–Trinajstić information content (AvgIpc) is 2.36. The molecule has 2 aromatic rings. The van der Waals surface area contributed by atoms with Gasteiger partial charge in [0.05, 0.1) is 5.69 Å². The van der Waals surface area contributed by atoms with Crippen molar-refractivity contribution in [2.45, 2.75) is 31.7 Å².